The van der Waals surface area contributed by atoms with E-state index in [0.717, 1.165) is 6.42 Å². The minimum Gasteiger partial charge on any atom is -0.281 e. The first-order chi connectivity index (χ1) is 6.06. The van der Waals surface area contributed by atoms with Crippen LogP contribution >= 0.6 is 15.9 Å². The van der Waals surface area contributed by atoms with Gasteiger partial charge >= 0.3 is 0 Å². The second-order valence-corrected chi connectivity index (χ2v) is 4.63. The van der Waals surface area contributed by atoms with E-state index in [1.807, 2.05) is 13.8 Å². The van der Waals surface area contributed by atoms with E-state index in [-0.39, 0.29) is 16.6 Å². The quantitative estimate of drug-likeness (QED) is 0.695. The zero-order valence-corrected chi connectivity index (χ0v) is 9.50. The average molecular weight is 248 g/mol. The summed E-state index contributed by atoms with van der Waals surface area (Å²) in [5.74, 6) is 0.195. The molecule has 13 heavy (non-hydrogen) atoms. The number of carbonyl (C=O) groups is 2. The van der Waals surface area contributed by atoms with Gasteiger partial charge in [-0.25, -0.2) is 0 Å². The Bertz CT molecular complexity index is 230. The van der Waals surface area contributed by atoms with E-state index in [0.29, 0.717) is 18.9 Å². The molecule has 0 aliphatic carbocycles. The summed E-state index contributed by atoms with van der Waals surface area (Å²) in [5, 5.41) is 0. The molecule has 0 saturated carbocycles. The molecule has 0 N–H and O–H groups in total. The van der Waals surface area contributed by atoms with Crippen LogP contribution in [-0.2, 0) is 9.59 Å². The van der Waals surface area contributed by atoms with Crippen LogP contribution in [0, 0.1) is 5.92 Å². The fraction of sp³-hybridized carbons (Fsp3) is 0.778. The Labute approximate surface area is 86.6 Å². The second-order valence-electron chi connectivity index (χ2n) is 3.53. The number of hydrogen-bond donors (Lipinski definition) is 0. The van der Waals surface area contributed by atoms with Crippen LogP contribution in [0.5, 0.6) is 0 Å². The van der Waals surface area contributed by atoms with Gasteiger partial charge in [-0.05, 0) is 12.3 Å². The Morgan fingerprint density at radius 2 is 2.38 bits per heavy atom. The summed E-state index contributed by atoms with van der Waals surface area (Å²) in [5.41, 5.74) is 0. The Balaban J connectivity index is 2.62. The van der Waals surface area contributed by atoms with Gasteiger partial charge in [0.15, 0.2) is 0 Å². The maximum absolute atomic E-state index is 11.6. The standard InChI is InChI=1S/C9H14BrNO2/c1-3-7(10)9(13)11-5-6(2)4-8(11)12/h6-7H,3-5H2,1-2H3. The molecular weight excluding hydrogens is 234 g/mol. The molecule has 0 spiro atoms. The Hall–Kier alpha value is -0.380. The normalized spacial score (nSPS) is 25.0. The predicted octanol–water partition coefficient (Wildman–Crippen LogP) is 1.55. The summed E-state index contributed by atoms with van der Waals surface area (Å²) < 4.78 is 0. The molecule has 1 saturated heterocycles. The van der Waals surface area contributed by atoms with Crippen molar-refractivity contribution in [3.8, 4) is 0 Å². The molecule has 74 valence electrons. The second kappa shape index (κ2) is 4.22. The third-order valence-corrected chi connectivity index (χ3v) is 3.25. The summed E-state index contributed by atoms with van der Waals surface area (Å²) in [7, 11) is 0. The number of halogens is 1. The number of likely N-dealkylation sites (tertiary alicyclic amines) is 1. The third kappa shape index (κ3) is 2.30. The van der Waals surface area contributed by atoms with Gasteiger partial charge in [-0.3, -0.25) is 14.5 Å². The first kappa shape index (κ1) is 10.7. The summed E-state index contributed by atoms with van der Waals surface area (Å²) >= 11 is 3.26. The topological polar surface area (TPSA) is 37.4 Å². The van der Waals surface area contributed by atoms with Crippen molar-refractivity contribution in [3.05, 3.63) is 0 Å². The molecule has 2 amide bonds. The van der Waals surface area contributed by atoms with Crippen molar-refractivity contribution in [1.82, 2.24) is 4.90 Å². The fourth-order valence-electron chi connectivity index (χ4n) is 1.44. The molecule has 0 radical (unpaired) electrons. The van der Waals surface area contributed by atoms with Crippen LogP contribution in [0.3, 0.4) is 0 Å². The molecule has 1 heterocycles. The van der Waals surface area contributed by atoms with Crippen LogP contribution in [0.4, 0.5) is 0 Å². The number of imide groups is 1. The highest BCUT2D eigenvalue weighted by atomic mass is 79.9. The molecule has 0 aromatic heterocycles. The maximum atomic E-state index is 11.6. The van der Waals surface area contributed by atoms with E-state index in [9.17, 15) is 9.59 Å². The average Bonchev–Trinajstić information content (AvgIpc) is 2.42. The molecule has 1 fully saturated rings. The highest BCUT2D eigenvalue weighted by Crippen LogP contribution is 2.20. The Morgan fingerprint density at radius 3 is 2.77 bits per heavy atom. The summed E-state index contributed by atoms with van der Waals surface area (Å²) in [6.45, 7) is 4.49. The molecule has 4 heteroatoms. The number of hydrogen-bond acceptors (Lipinski definition) is 2. The van der Waals surface area contributed by atoms with Gasteiger partial charge in [0, 0.05) is 13.0 Å². The van der Waals surface area contributed by atoms with Crippen LogP contribution in [-0.4, -0.2) is 28.1 Å². The Morgan fingerprint density at radius 1 is 1.77 bits per heavy atom. The predicted molar refractivity (Wildman–Crippen MR) is 53.5 cm³/mol. The molecular formula is C9H14BrNO2. The highest BCUT2D eigenvalue weighted by molar-refractivity contribution is 9.10. The number of alkyl halides is 1. The molecule has 0 aromatic carbocycles. The number of amides is 2. The van der Waals surface area contributed by atoms with Crippen molar-refractivity contribution in [2.45, 2.75) is 31.5 Å². The molecule has 1 aliphatic rings. The van der Waals surface area contributed by atoms with Crippen LogP contribution in [0.1, 0.15) is 26.7 Å². The molecule has 0 bridgehead atoms. The van der Waals surface area contributed by atoms with E-state index in [1.165, 1.54) is 4.90 Å². The van der Waals surface area contributed by atoms with Gasteiger partial charge in [-0.1, -0.05) is 29.8 Å². The van der Waals surface area contributed by atoms with Gasteiger partial charge in [0.25, 0.3) is 0 Å². The van der Waals surface area contributed by atoms with Gasteiger partial charge < -0.3 is 0 Å². The SMILES string of the molecule is CCC(Br)C(=O)N1CC(C)CC1=O. The lowest BCUT2D eigenvalue weighted by Gasteiger charge is -2.16. The lowest BCUT2D eigenvalue weighted by Crippen LogP contribution is -2.37. The van der Waals surface area contributed by atoms with Crippen molar-refractivity contribution in [1.29, 1.82) is 0 Å². The molecule has 1 rings (SSSR count). The largest absolute Gasteiger partial charge is 0.281 e. The molecule has 3 nitrogen and oxygen atoms in total. The van der Waals surface area contributed by atoms with Crippen LogP contribution in [0.15, 0.2) is 0 Å². The minimum absolute atomic E-state index is 0.0320. The van der Waals surface area contributed by atoms with Crippen molar-refractivity contribution in [2.24, 2.45) is 5.92 Å². The van der Waals surface area contributed by atoms with Crippen molar-refractivity contribution in [3.63, 3.8) is 0 Å². The molecule has 0 aromatic rings. The van der Waals surface area contributed by atoms with E-state index in [2.05, 4.69) is 15.9 Å². The zero-order chi connectivity index (χ0) is 10.0. The molecule has 2 unspecified atom stereocenters. The van der Waals surface area contributed by atoms with Crippen LogP contribution < -0.4 is 0 Å². The van der Waals surface area contributed by atoms with Gasteiger partial charge in [0.1, 0.15) is 0 Å². The summed E-state index contributed by atoms with van der Waals surface area (Å²) in [4.78, 5) is 24.1. The van der Waals surface area contributed by atoms with Crippen LogP contribution in [0.25, 0.3) is 0 Å². The minimum atomic E-state index is -0.207. The first-order valence-corrected chi connectivity index (χ1v) is 5.46. The van der Waals surface area contributed by atoms with Gasteiger partial charge in [0.2, 0.25) is 11.8 Å². The smallest absolute Gasteiger partial charge is 0.242 e. The monoisotopic (exact) mass is 247 g/mol. The van der Waals surface area contributed by atoms with Crippen molar-refractivity contribution in [2.75, 3.05) is 6.54 Å². The highest BCUT2D eigenvalue weighted by Gasteiger charge is 2.33. The van der Waals surface area contributed by atoms with E-state index in [1.54, 1.807) is 0 Å². The van der Waals surface area contributed by atoms with Gasteiger partial charge in [-0.15, -0.1) is 0 Å². The van der Waals surface area contributed by atoms with Crippen molar-refractivity contribution >= 4 is 27.7 Å². The van der Waals surface area contributed by atoms with E-state index < -0.39 is 0 Å². The summed E-state index contributed by atoms with van der Waals surface area (Å²) in [6.07, 6.45) is 1.23. The maximum Gasteiger partial charge on any atom is 0.242 e. The lowest BCUT2D eigenvalue weighted by molar-refractivity contribution is -0.141. The number of carbonyl (C=O) groups excluding carboxylic acids is 2. The molecule has 1 aliphatic heterocycles. The van der Waals surface area contributed by atoms with Crippen molar-refractivity contribution < 1.29 is 9.59 Å². The third-order valence-electron chi connectivity index (χ3n) is 2.21. The molecule has 2 atom stereocenters. The number of nitrogens with zero attached hydrogens (tertiary/aromatic N) is 1. The van der Waals surface area contributed by atoms with Crippen LogP contribution in [0.2, 0.25) is 0 Å². The number of rotatable bonds is 2. The van der Waals surface area contributed by atoms with E-state index >= 15 is 0 Å². The fourth-order valence-corrected chi connectivity index (χ4v) is 1.69. The Kier molecular flexibility index (Phi) is 3.47. The van der Waals surface area contributed by atoms with Gasteiger partial charge in [0.05, 0.1) is 4.83 Å². The zero-order valence-electron chi connectivity index (χ0n) is 7.92. The van der Waals surface area contributed by atoms with E-state index in [4.69, 9.17) is 0 Å². The van der Waals surface area contributed by atoms with Gasteiger partial charge in [-0.2, -0.15) is 0 Å². The first-order valence-electron chi connectivity index (χ1n) is 4.54. The summed E-state index contributed by atoms with van der Waals surface area (Å²) in [6, 6.07) is 0. The lowest BCUT2D eigenvalue weighted by atomic mass is 10.2.